The summed E-state index contributed by atoms with van der Waals surface area (Å²) in [4.78, 5) is 27.2. The first kappa shape index (κ1) is 17.4. The van der Waals surface area contributed by atoms with E-state index in [1.165, 1.54) is 12.0 Å². The Kier molecular flexibility index (Phi) is 4.83. The van der Waals surface area contributed by atoms with Gasteiger partial charge in [0.25, 0.3) is 0 Å². The fourth-order valence-corrected chi connectivity index (χ4v) is 2.64. The van der Waals surface area contributed by atoms with Crippen molar-refractivity contribution in [2.24, 2.45) is 0 Å². The molecular formula is C18H19N5O3. The zero-order chi connectivity index (χ0) is 18.7. The number of hydrogen-bond donors (Lipinski definition) is 0. The monoisotopic (exact) mass is 353 g/mol. The van der Waals surface area contributed by atoms with E-state index in [1.54, 1.807) is 36.4 Å². The number of rotatable bonds is 4. The Bertz CT molecular complexity index is 962. The molecule has 0 bridgehead atoms. The van der Waals surface area contributed by atoms with Crippen LogP contribution in [-0.4, -0.2) is 39.0 Å². The smallest absolute Gasteiger partial charge is 0.377 e. The van der Waals surface area contributed by atoms with E-state index in [4.69, 9.17) is 4.74 Å². The van der Waals surface area contributed by atoms with E-state index in [9.17, 15) is 9.59 Å². The predicted molar refractivity (Wildman–Crippen MR) is 97.0 cm³/mol. The Balaban J connectivity index is 2.04. The van der Waals surface area contributed by atoms with Crippen LogP contribution in [0.1, 0.15) is 13.8 Å². The van der Waals surface area contributed by atoms with Crippen molar-refractivity contribution in [3.63, 3.8) is 0 Å². The molecule has 8 nitrogen and oxygen atoms in total. The number of anilines is 1. The zero-order valence-electron chi connectivity index (χ0n) is 14.7. The number of nitrogens with zero attached hydrogens (tertiary/aromatic N) is 5. The molecular weight excluding hydrogens is 334 g/mol. The molecule has 8 heteroatoms. The number of hydrogen-bond acceptors (Lipinski definition) is 5. The summed E-state index contributed by atoms with van der Waals surface area (Å²) in [5.41, 5.74) is 0.419. The van der Waals surface area contributed by atoms with Gasteiger partial charge in [0.15, 0.2) is 0 Å². The maximum absolute atomic E-state index is 12.9. The lowest BCUT2D eigenvalue weighted by atomic mass is 10.2. The molecule has 0 aliphatic rings. The first-order valence-electron chi connectivity index (χ1n) is 8.11. The molecule has 3 aromatic rings. The minimum Gasteiger partial charge on any atom is -0.494 e. The number of carbonyl (C=O) groups is 1. The lowest BCUT2D eigenvalue weighted by Gasteiger charge is -2.25. The van der Waals surface area contributed by atoms with Gasteiger partial charge in [-0.15, -0.1) is 4.68 Å². The molecule has 0 atom stereocenters. The third-order valence-electron chi connectivity index (χ3n) is 3.83. The number of aromatic nitrogens is 4. The first-order valence-corrected chi connectivity index (χ1v) is 8.11. The summed E-state index contributed by atoms with van der Waals surface area (Å²) in [7, 11) is 1.50. The number of para-hydroxylation sites is 3. The normalized spacial score (nSPS) is 10.8. The largest absolute Gasteiger partial charge is 0.494 e. The van der Waals surface area contributed by atoms with Gasteiger partial charge in [-0.2, -0.15) is 4.68 Å². The van der Waals surface area contributed by atoms with E-state index in [0.717, 1.165) is 9.36 Å². The summed E-state index contributed by atoms with van der Waals surface area (Å²) in [5, 5.41) is 7.61. The number of methoxy groups -OCH3 is 1. The maximum atomic E-state index is 12.9. The van der Waals surface area contributed by atoms with Crippen molar-refractivity contribution in [2.75, 3.05) is 12.0 Å². The van der Waals surface area contributed by atoms with Crippen molar-refractivity contribution >= 4 is 11.7 Å². The molecule has 0 fully saturated rings. The van der Waals surface area contributed by atoms with E-state index in [-0.39, 0.29) is 6.04 Å². The van der Waals surface area contributed by atoms with Gasteiger partial charge in [0.2, 0.25) is 0 Å². The molecule has 0 N–H and O–H groups in total. The van der Waals surface area contributed by atoms with Gasteiger partial charge in [-0.25, -0.2) is 9.59 Å². The average molecular weight is 353 g/mol. The standard InChI is InChI=1S/C18H19N5O3/c1-13(2)21(14-9-5-4-6-10-14)17(24)23-18(25)22(19-20-23)15-11-7-8-12-16(15)26-3/h4-13H,1-3H3. The molecule has 0 saturated heterocycles. The van der Waals surface area contributed by atoms with Gasteiger partial charge < -0.3 is 4.74 Å². The molecule has 0 unspecified atom stereocenters. The van der Waals surface area contributed by atoms with Gasteiger partial charge >= 0.3 is 11.7 Å². The molecule has 0 radical (unpaired) electrons. The van der Waals surface area contributed by atoms with Crippen LogP contribution in [0.3, 0.4) is 0 Å². The van der Waals surface area contributed by atoms with E-state index >= 15 is 0 Å². The Morgan fingerprint density at radius 3 is 2.35 bits per heavy atom. The van der Waals surface area contributed by atoms with Crippen molar-refractivity contribution in [2.45, 2.75) is 19.9 Å². The van der Waals surface area contributed by atoms with Gasteiger partial charge in [0, 0.05) is 11.7 Å². The Morgan fingerprint density at radius 2 is 1.69 bits per heavy atom. The van der Waals surface area contributed by atoms with Crippen LogP contribution in [-0.2, 0) is 0 Å². The van der Waals surface area contributed by atoms with Gasteiger partial charge in [0.05, 0.1) is 7.11 Å². The molecule has 0 aliphatic carbocycles. The van der Waals surface area contributed by atoms with Crippen LogP contribution in [0.2, 0.25) is 0 Å². The van der Waals surface area contributed by atoms with Gasteiger partial charge in [-0.1, -0.05) is 30.3 Å². The Hall–Kier alpha value is -3.42. The summed E-state index contributed by atoms with van der Waals surface area (Å²) in [5.74, 6) is 0.456. The summed E-state index contributed by atoms with van der Waals surface area (Å²) in [6.45, 7) is 3.72. The quantitative estimate of drug-likeness (QED) is 0.672. The van der Waals surface area contributed by atoms with Crippen LogP contribution >= 0.6 is 0 Å². The minimum absolute atomic E-state index is 0.173. The zero-order valence-corrected chi connectivity index (χ0v) is 14.7. The topological polar surface area (TPSA) is 82.2 Å². The van der Waals surface area contributed by atoms with E-state index in [1.807, 2.05) is 32.0 Å². The lowest BCUT2D eigenvalue weighted by Crippen LogP contribution is -2.44. The summed E-state index contributed by atoms with van der Waals surface area (Å²) in [6, 6.07) is 15.3. The van der Waals surface area contributed by atoms with Crippen molar-refractivity contribution < 1.29 is 9.53 Å². The molecule has 0 spiro atoms. The highest BCUT2D eigenvalue weighted by Crippen LogP contribution is 2.20. The van der Waals surface area contributed by atoms with E-state index in [2.05, 4.69) is 10.4 Å². The molecule has 0 aliphatic heterocycles. The third-order valence-corrected chi connectivity index (χ3v) is 3.83. The summed E-state index contributed by atoms with van der Waals surface area (Å²) in [6.07, 6.45) is 0. The van der Waals surface area contributed by atoms with Gasteiger partial charge in [0.1, 0.15) is 11.4 Å². The summed E-state index contributed by atoms with van der Waals surface area (Å²) < 4.78 is 7.04. The number of benzene rings is 2. The van der Waals surface area contributed by atoms with Crippen molar-refractivity contribution in [3.8, 4) is 11.4 Å². The van der Waals surface area contributed by atoms with Gasteiger partial charge in [-0.05, 0) is 48.5 Å². The average Bonchev–Trinajstić information content (AvgIpc) is 3.03. The number of amides is 1. The molecule has 2 aromatic carbocycles. The third kappa shape index (κ3) is 3.08. The highest BCUT2D eigenvalue weighted by Gasteiger charge is 2.25. The Labute approximate surface area is 150 Å². The van der Waals surface area contributed by atoms with Crippen LogP contribution < -0.4 is 15.3 Å². The molecule has 3 rings (SSSR count). The van der Waals surface area contributed by atoms with Crippen LogP contribution in [0.15, 0.2) is 59.4 Å². The van der Waals surface area contributed by atoms with E-state index < -0.39 is 11.7 Å². The molecule has 26 heavy (non-hydrogen) atoms. The summed E-state index contributed by atoms with van der Waals surface area (Å²) >= 11 is 0. The van der Waals surface area contributed by atoms with Crippen LogP contribution in [0.25, 0.3) is 5.69 Å². The van der Waals surface area contributed by atoms with E-state index in [0.29, 0.717) is 17.1 Å². The van der Waals surface area contributed by atoms with Gasteiger partial charge in [-0.3, -0.25) is 4.90 Å². The fraction of sp³-hybridized carbons (Fsp3) is 0.222. The molecule has 134 valence electrons. The Morgan fingerprint density at radius 1 is 1.04 bits per heavy atom. The highest BCUT2D eigenvalue weighted by atomic mass is 16.5. The maximum Gasteiger partial charge on any atom is 0.377 e. The minimum atomic E-state index is -0.666. The van der Waals surface area contributed by atoms with Crippen LogP contribution in [0.5, 0.6) is 5.75 Å². The molecule has 1 amide bonds. The predicted octanol–water partition coefficient (Wildman–Crippen LogP) is 2.32. The molecule has 1 heterocycles. The van der Waals surface area contributed by atoms with Crippen LogP contribution in [0.4, 0.5) is 10.5 Å². The van der Waals surface area contributed by atoms with Crippen molar-refractivity contribution in [3.05, 3.63) is 65.1 Å². The second kappa shape index (κ2) is 7.22. The van der Waals surface area contributed by atoms with Crippen molar-refractivity contribution in [1.29, 1.82) is 0 Å². The lowest BCUT2D eigenvalue weighted by molar-refractivity contribution is 0.242. The van der Waals surface area contributed by atoms with Crippen LogP contribution in [0, 0.1) is 0 Å². The fourth-order valence-electron chi connectivity index (χ4n) is 2.64. The molecule has 1 aromatic heterocycles. The second-order valence-electron chi connectivity index (χ2n) is 5.84. The number of carbonyl (C=O) groups excluding carboxylic acids is 1. The number of ether oxygens (including phenoxy) is 1. The number of tetrazole rings is 1. The second-order valence-corrected chi connectivity index (χ2v) is 5.84. The van der Waals surface area contributed by atoms with Crippen molar-refractivity contribution in [1.82, 2.24) is 19.8 Å². The molecule has 0 saturated carbocycles. The first-order chi connectivity index (χ1) is 12.5. The highest BCUT2D eigenvalue weighted by molar-refractivity contribution is 5.93. The SMILES string of the molecule is COc1ccccc1-n1nnn(C(=O)N(c2ccccc2)C(C)C)c1=O.